The number of nitrogens with zero attached hydrogens (tertiary/aromatic N) is 1. The lowest BCUT2D eigenvalue weighted by atomic mass is 10.1. The second-order valence-corrected chi connectivity index (χ2v) is 5.57. The minimum absolute atomic E-state index is 0.175. The maximum absolute atomic E-state index is 12.3. The molecule has 0 aliphatic rings. The number of carboxylic acid groups (broad SMARTS) is 2. The Labute approximate surface area is 147 Å². The molecule has 1 unspecified atom stereocenters. The van der Waals surface area contributed by atoms with Crippen LogP contribution in [-0.4, -0.2) is 39.3 Å². The molecule has 3 rings (SSSR count). The van der Waals surface area contributed by atoms with Crippen LogP contribution in [-0.2, 0) is 9.59 Å². The molecule has 8 heteroatoms. The van der Waals surface area contributed by atoms with Crippen LogP contribution in [0.3, 0.4) is 0 Å². The quantitative estimate of drug-likeness (QED) is 0.618. The summed E-state index contributed by atoms with van der Waals surface area (Å²) in [6.45, 7) is 0. The van der Waals surface area contributed by atoms with E-state index >= 15 is 0 Å². The first-order valence-electron chi connectivity index (χ1n) is 7.66. The van der Waals surface area contributed by atoms with Crippen LogP contribution in [0.1, 0.15) is 16.8 Å². The molecule has 1 aromatic heterocycles. The third-order valence-corrected chi connectivity index (χ3v) is 3.76. The molecule has 0 radical (unpaired) electrons. The fourth-order valence-electron chi connectivity index (χ4n) is 2.50. The fourth-order valence-corrected chi connectivity index (χ4v) is 2.50. The molecule has 1 amide bonds. The minimum Gasteiger partial charge on any atom is -0.481 e. The predicted octanol–water partition coefficient (Wildman–Crippen LogP) is 2.15. The van der Waals surface area contributed by atoms with Crippen LogP contribution < -0.4 is 5.32 Å². The third-order valence-electron chi connectivity index (χ3n) is 3.76. The van der Waals surface area contributed by atoms with E-state index in [1.165, 1.54) is 12.1 Å². The van der Waals surface area contributed by atoms with Gasteiger partial charge in [-0.3, -0.25) is 9.59 Å². The molecular weight excluding hydrogens is 340 g/mol. The van der Waals surface area contributed by atoms with E-state index in [0.29, 0.717) is 16.7 Å². The van der Waals surface area contributed by atoms with Gasteiger partial charge >= 0.3 is 11.9 Å². The maximum Gasteiger partial charge on any atom is 0.326 e. The molecule has 26 heavy (non-hydrogen) atoms. The van der Waals surface area contributed by atoms with Gasteiger partial charge in [0.2, 0.25) is 0 Å². The molecule has 3 aromatic rings. The number of aromatic nitrogens is 1. The van der Waals surface area contributed by atoms with Gasteiger partial charge in [0.15, 0.2) is 5.76 Å². The van der Waals surface area contributed by atoms with Gasteiger partial charge in [-0.05, 0) is 18.2 Å². The number of hydrogen-bond donors (Lipinski definition) is 3. The van der Waals surface area contributed by atoms with Gasteiger partial charge in [0.1, 0.15) is 11.6 Å². The highest BCUT2D eigenvalue weighted by atomic mass is 16.5. The van der Waals surface area contributed by atoms with E-state index in [9.17, 15) is 14.4 Å². The number of carbonyl (C=O) groups excluding carboxylic acids is 1. The van der Waals surface area contributed by atoms with Crippen molar-refractivity contribution < 1.29 is 29.1 Å². The van der Waals surface area contributed by atoms with Gasteiger partial charge < -0.3 is 20.1 Å². The fraction of sp³-hybridized carbons (Fsp3) is 0.111. The van der Waals surface area contributed by atoms with Crippen molar-refractivity contribution in [2.24, 2.45) is 0 Å². The van der Waals surface area contributed by atoms with Crippen LogP contribution in [0.4, 0.5) is 0 Å². The van der Waals surface area contributed by atoms with E-state index in [1.54, 1.807) is 6.07 Å². The summed E-state index contributed by atoms with van der Waals surface area (Å²) in [5.74, 6) is -2.95. The summed E-state index contributed by atoms with van der Waals surface area (Å²) < 4.78 is 5.35. The molecule has 0 spiro atoms. The molecule has 0 bridgehead atoms. The van der Waals surface area contributed by atoms with Gasteiger partial charge in [-0.2, -0.15) is 0 Å². The average Bonchev–Trinajstić information content (AvgIpc) is 3.04. The lowest BCUT2D eigenvalue weighted by molar-refractivity contribution is -0.145. The maximum atomic E-state index is 12.3. The van der Waals surface area contributed by atoms with Crippen molar-refractivity contribution in [2.45, 2.75) is 12.5 Å². The van der Waals surface area contributed by atoms with Crippen molar-refractivity contribution in [3.63, 3.8) is 0 Å². The first-order chi connectivity index (χ1) is 12.5. The SMILES string of the molecule is O=C(O)CC(NC(=O)c1ccc2noc(-c3ccccc3)c2c1)C(=O)O. The Morgan fingerprint density at radius 2 is 1.81 bits per heavy atom. The van der Waals surface area contributed by atoms with E-state index in [4.69, 9.17) is 14.7 Å². The molecule has 8 nitrogen and oxygen atoms in total. The topological polar surface area (TPSA) is 130 Å². The number of hydrogen-bond acceptors (Lipinski definition) is 5. The number of rotatable bonds is 6. The second kappa shape index (κ2) is 7.06. The lowest BCUT2D eigenvalue weighted by Crippen LogP contribution is -2.42. The molecule has 0 aliphatic heterocycles. The highest BCUT2D eigenvalue weighted by Crippen LogP contribution is 2.29. The molecule has 1 heterocycles. The van der Waals surface area contributed by atoms with E-state index < -0.39 is 30.3 Å². The number of carbonyl (C=O) groups is 3. The number of fused-ring (bicyclic) bond motifs is 1. The Bertz CT molecular complexity index is 980. The van der Waals surface area contributed by atoms with Gasteiger partial charge in [0.05, 0.1) is 11.8 Å². The van der Waals surface area contributed by atoms with Crippen LogP contribution in [0, 0.1) is 0 Å². The monoisotopic (exact) mass is 354 g/mol. The summed E-state index contributed by atoms with van der Waals surface area (Å²) in [7, 11) is 0. The predicted molar refractivity (Wildman–Crippen MR) is 90.6 cm³/mol. The van der Waals surface area contributed by atoms with E-state index in [1.807, 2.05) is 30.3 Å². The van der Waals surface area contributed by atoms with Crippen molar-refractivity contribution in [3.8, 4) is 11.3 Å². The molecule has 132 valence electrons. The Hall–Kier alpha value is -3.68. The first kappa shape index (κ1) is 17.2. The van der Waals surface area contributed by atoms with Crippen molar-refractivity contribution >= 4 is 28.7 Å². The molecular formula is C18H14N2O6. The van der Waals surface area contributed by atoms with Crippen molar-refractivity contribution in [2.75, 3.05) is 0 Å². The van der Waals surface area contributed by atoms with Gasteiger partial charge in [-0.25, -0.2) is 4.79 Å². The average molecular weight is 354 g/mol. The molecule has 0 aliphatic carbocycles. The summed E-state index contributed by atoms with van der Waals surface area (Å²) in [6, 6.07) is 12.2. The zero-order valence-corrected chi connectivity index (χ0v) is 13.4. The van der Waals surface area contributed by atoms with Crippen LogP contribution >= 0.6 is 0 Å². The van der Waals surface area contributed by atoms with E-state index in [2.05, 4.69) is 10.5 Å². The smallest absolute Gasteiger partial charge is 0.326 e. The van der Waals surface area contributed by atoms with E-state index in [-0.39, 0.29) is 5.56 Å². The molecule has 2 aromatic carbocycles. The standard InChI is InChI=1S/C18H14N2O6/c21-15(22)9-14(18(24)25)19-17(23)11-6-7-13-12(8-11)16(26-20-13)10-4-2-1-3-5-10/h1-8,14H,9H2,(H,19,23)(H,21,22)(H,24,25). The van der Waals surface area contributed by atoms with Gasteiger partial charge in [-0.15, -0.1) is 0 Å². The van der Waals surface area contributed by atoms with Crippen LogP contribution in [0.25, 0.3) is 22.2 Å². The lowest BCUT2D eigenvalue weighted by Gasteiger charge is -2.12. The minimum atomic E-state index is -1.52. The van der Waals surface area contributed by atoms with Crippen molar-refractivity contribution in [1.82, 2.24) is 10.5 Å². The summed E-state index contributed by atoms with van der Waals surface area (Å²) in [4.78, 5) is 34.2. The van der Waals surface area contributed by atoms with Crippen molar-refractivity contribution in [1.29, 1.82) is 0 Å². The number of carboxylic acids is 2. The number of nitrogens with one attached hydrogen (secondary N) is 1. The molecule has 0 saturated heterocycles. The third kappa shape index (κ3) is 3.54. The molecule has 0 fully saturated rings. The van der Waals surface area contributed by atoms with Gasteiger partial charge in [-0.1, -0.05) is 35.5 Å². The summed E-state index contributed by atoms with van der Waals surface area (Å²) in [6.07, 6.45) is -0.716. The zero-order valence-electron chi connectivity index (χ0n) is 13.4. The Kier molecular flexibility index (Phi) is 4.66. The van der Waals surface area contributed by atoms with Crippen LogP contribution in [0.5, 0.6) is 0 Å². The van der Waals surface area contributed by atoms with E-state index in [0.717, 1.165) is 5.56 Å². The summed E-state index contributed by atoms with van der Waals surface area (Å²) >= 11 is 0. The van der Waals surface area contributed by atoms with Crippen LogP contribution in [0.2, 0.25) is 0 Å². The number of aliphatic carboxylic acids is 2. The Balaban J connectivity index is 1.92. The van der Waals surface area contributed by atoms with Crippen molar-refractivity contribution in [3.05, 3.63) is 54.1 Å². The number of amides is 1. The largest absolute Gasteiger partial charge is 0.481 e. The Morgan fingerprint density at radius 3 is 2.46 bits per heavy atom. The number of benzene rings is 2. The highest BCUT2D eigenvalue weighted by molar-refractivity contribution is 6.02. The molecule has 3 N–H and O–H groups in total. The summed E-state index contributed by atoms with van der Waals surface area (Å²) in [5, 5.41) is 24.6. The first-order valence-corrected chi connectivity index (χ1v) is 7.66. The molecule has 0 saturated carbocycles. The Morgan fingerprint density at radius 1 is 1.08 bits per heavy atom. The molecule has 1 atom stereocenters. The highest BCUT2D eigenvalue weighted by Gasteiger charge is 2.24. The second-order valence-electron chi connectivity index (χ2n) is 5.57. The normalized spacial score (nSPS) is 11.8. The van der Waals surface area contributed by atoms with Gasteiger partial charge in [0, 0.05) is 11.1 Å². The van der Waals surface area contributed by atoms with Gasteiger partial charge in [0.25, 0.3) is 5.91 Å². The summed E-state index contributed by atoms with van der Waals surface area (Å²) in [5.41, 5.74) is 1.50. The van der Waals surface area contributed by atoms with Crippen LogP contribution in [0.15, 0.2) is 53.1 Å². The zero-order chi connectivity index (χ0) is 18.7.